The number of ether oxygens (including phenoxy) is 1. The third-order valence-corrected chi connectivity index (χ3v) is 5.14. The second-order valence-corrected chi connectivity index (χ2v) is 7.99. The molecule has 0 aliphatic carbocycles. The largest absolute Gasteiger partial charge is 0.487 e. The van der Waals surface area contributed by atoms with Crippen LogP contribution in [-0.2, 0) is 11.0 Å². The summed E-state index contributed by atoms with van der Waals surface area (Å²) in [6, 6.07) is 8.11. The molecule has 4 rings (SSSR count). The summed E-state index contributed by atoms with van der Waals surface area (Å²) in [6.45, 7) is 3.56. The van der Waals surface area contributed by atoms with Crippen molar-refractivity contribution in [2.24, 2.45) is 4.36 Å². The number of aryl methyl sites for hydroxylation is 1. The molecule has 29 heavy (non-hydrogen) atoms. The van der Waals surface area contributed by atoms with Gasteiger partial charge in [-0.25, -0.2) is 18.7 Å². The maximum Gasteiger partial charge on any atom is 0.146 e. The Morgan fingerprint density at radius 1 is 1.31 bits per heavy atom. The van der Waals surface area contributed by atoms with E-state index in [1.807, 2.05) is 13.0 Å². The van der Waals surface area contributed by atoms with Gasteiger partial charge in [0.1, 0.15) is 29.8 Å². The van der Waals surface area contributed by atoms with Crippen molar-refractivity contribution in [3.8, 4) is 5.75 Å². The fourth-order valence-electron chi connectivity index (χ4n) is 3.41. The number of hydrogen-bond donors (Lipinski definition) is 3. The van der Waals surface area contributed by atoms with Gasteiger partial charge >= 0.3 is 0 Å². The Hall–Kier alpha value is -2.62. The van der Waals surface area contributed by atoms with Gasteiger partial charge in [-0.3, -0.25) is 0 Å². The number of aromatic nitrogens is 2. The lowest BCUT2D eigenvalue weighted by Gasteiger charge is -2.18. The van der Waals surface area contributed by atoms with Crippen LogP contribution in [0.3, 0.4) is 0 Å². The molecule has 2 atom stereocenters. The van der Waals surface area contributed by atoms with E-state index >= 15 is 0 Å². The first-order valence-corrected chi connectivity index (χ1v) is 10.8. The third-order valence-electron chi connectivity index (χ3n) is 4.66. The van der Waals surface area contributed by atoms with Crippen LogP contribution in [0.25, 0.3) is 10.9 Å². The zero-order valence-electron chi connectivity index (χ0n) is 16.1. The highest BCUT2D eigenvalue weighted by atomic mass is 32.2. The van der Waals surface area contributed by atoms with Crippen molar-refractivity contribution in [2.45, 2.75) is 19.4 Å². The molecule has 0 saturated carbocycles. The molecule has 9 heteroatoms. The monoisotopic (exact) mass is 415 g/mol. The Bertz CT molecular complexity index is 1080. The van der Waals surface area contributed by atoms with Crippen molar-refractivity contribution < 1.29 is 13.7 Å². The van der Waals surface area contributed by atoms with E-state index < -0.39 is 11.0 Å². The molecule has 3 aromatic rings. The summed E-state index contributed by atoms with van der Waals surface area (Å²) in [7, 11) is -1.05. The van der Waals surface area contributed by atoms with Gasteiger partial charge in [0, 0.05) is 35.2 Å². The summed E-state index contributed by atoms with van der Waals surface area (Å²) < 4.78 is 33.6. The van der Waals surface area contributed by atoms with E-state index in [0.29, 0.717) is 28.5 Å². The molecule has 2 heterocycles. The van der Waals surface area contributed by atoms with Gasteiger partial charge in [-0.2, -0.15) is 0 Å². The van der Waals surface area contributed by atoms with Crippen molar-refractivity contribution in [2.75, 3.05) is 24.7 Å². The maximum atomic E-state index is 13.8. The molecular formula is C20H22FN5O2S. The standard InChI is InChI=1S/C20H22FN5O2S/c1-12-7-14(26-29(2)27)9-17-19(12)20(24-11-23-17)25-16-4-3-13(21)8-18(16)28-15-5-6-22-10-15/h3-4,7-9,11,15,22H,5-6,10H2,1-2H3,(H,26,27)(H,23,24,25)/t15-,29?/m1/s1. The number of rotatable bonds is 5. The number of benzene rings is 2. The van der Waals surface area contributed by atoms with Crippen LogP contribution in [0.4, 0.5) is 21.6 Å². The molecule has 0 spiro atoms. The van der Waals surface area contributed by atoms with Gasteiger partial charge < -0.3 is 19.9 Å². The lowest BCUT2D eigenvalue weighted by atomic mass is 10.1. The average molecular weight is 415 g/mol. The van der Waals surface area contributed by atoms with Crippen molar-refractivity contribution >= 4 is 39.1 Å². The lowest BCUT2D eigenvalue weighted by Crippen LogP contribution is -2.20. The normalized spacial score (nSPS) is 17.6. The summed E-state index contributed by atoms with van der Waals surface area (Å²) in [5, 5.41) is 7.35. The molecule has 0 amide bonds. The van der Waals surface area contributed by atoms with Crippen LogP contribution < -0.4 is 15.4 Å². The molecule has 1 aromatic heterocycles. The lowest BCUT2D eigenvalue weighted by molar-refractivity contribution is 0.223. The van der Waals surface area contributed by atoms with E-state index in [2.05, 4.69) is 25.0 Å². The minimum Gasteiger partial charge on any atom is -0.487 e. The average Bonchev–Trinajstić information content (AvgIpc) is 3.16. The Morgan fingerprint density at radius 3 is 2.93 bits per heavy atom. The quantitative estimate of drug-likeness (QED) is 0.581. The molecule has 2 aromatic carbocycles. The first-order chi connectivity index (χ1) is 14.0. The van der Waals surface area contributed by atoms with Gasteiger partial charge in [0.25, 0.3) is 0 Å². The molecule has 0 radical (unpaired) electrons. The molecule has 1 aliphatic rings. The fourth-order valence-corrected chi connectivity index (χ4v) is 3.82. The Morgan fingerprint density at radius 2 is 2.17 bits per heavy atom. The van der Waals surface area contributed by atoms with Gasteiger partial charge in [-0.15, -0.1) is 0 Å². The second kappa shape index (κ2) is 8.40. The van der Waals surface area contributed by atoms with E-state index in [0.717, 1.165) is 30.5 Å². The van der Waals surface area contributed by atoms with Gasteiger partial charge in [0.05, 0.1) is 16.9 Å². The molecule has 1 unspecified atom stereocenters. The number of fused-ring (bicyclic) bond motifs is 1. The van der Waals surface area contributed by atoms with Gasteiger partial charge in [0.2, 0.25) is 0 Å². The first kappa shape index (κ1) is 19.7. The summed E-state index contributed by atoms with van der Waals surface area (Å²) in [5.74, 6) is 0.690. The highest BCUT2D eigenvalue weighted by Gasteiger charge is 2.19. The summed E-state index contributed by atoms with van der Waals surface area (Å²) in [6.07, 6.45) is 3.97. The molecule has 1 fully saturated rings. The van der Waals surface area contributed by atoms with Crippen molar-refractivity contribution in [1.29, 1.82) is 0 Å². The number of hydrogen-bond acceptors (Lipinski definition) is 6. The van der Waals surface area contributed by atoms with E-state index in [-0.39, 0.29) is 11.9 Å². The SMILES string of the molecule is Cc1cc(N=S(C)O)cc2ncnc(Nc3ccc(F)cc3O[C@@H]3CCNC3)c12. The second-order valence-electron chi connectivity index (χ2n) is 6.92. The van der Waals surface area contributed by atoms with Crippen molar-refractivity contribution in [1.82, 2.24) is 15.3 Å². The van der Waals surface area contributed by atoms with Crippen LogP contribution in [0.15, 0.2) is 41.0 Å². The minimum atomic E-state index is -1.05. The summed E-state index contributed by atoms with van der Waals surface area (Å²) >= 11 is 0. The zero-order valence-corrected chi connectivity index (χ0v) is 17.0. The highest BCUT2D eigenvalue weighted by molar-refractivity contribution is 7.80. The van der Waals surface area contributed by atoms with Gasteiger partial charge in [-0.05, 0) is 49.7 Å². The smallest absolute Gasteiger partial charge is 0.146 e. The minimum absolute atomic E-state index is 0.00621. The van der Waals surface area contributed by atoms with Crippen LogP contribution in [0.5, 0.6) is 5.75 Å². The number of anilines is 2. The van der Waals surface area contributed by atoms with E-state index in [4.69, 9.17) is 4.74 Å². The van der Waals surface area contributed by atoms with E-state index in [1.54, 1.807) is 18.4 Å². The Kier molecular flexibility index (Phi) is 5.70. The number of nitrogens with one attached hydrogen (secondary N) is 2. The van der Waals surface area contributed by atoms with Crippen LogP contribution in [0.1, 0.15) is 12.0 Å². The Labute approximate surface area is 170 Å². The topological polar surface area (TPSA) is 91.7 Å². The summed E-state index contributed by atoms with van der Waals surface area (Å²) in [5.41, 5.74) is 2.92. The Balaban J connectivity index is 1.72. The van der Waals surface area contributed by atoms with Crippen LogP contribution in [-0.4, -0.2) is 40.0 Å². The molecule has 0 bridgehead atoms. The molecule has 7 nitrogen and oxygen atoms in total. The molecule has 3 N–H and O–H groups in total. The van der Waals surface area contributed by atoms with Gasteiger partial charge in [0.15, 0.2) is 0 Å². The van der Waals surface area contributed by atoms with Crippen LogP contribution in [0, 0.1) is 12.7 Å². The molecule has 1 aliphatic heterocycles. The molecule has 1 saturated heterocycles. The summed E-state index contributed by atoms with van der Waals surface area (Å²) in [4.78, 5) is 8.73. The molecule has 152 valence electrons. The molecular weight excluding hydrogens is 393 g/mol. The fraction of sp³-hybridized carbons (Fsp3) is 0.300. The van der Waals surface area contributed by atoms with Crippen LogP contribution in [0.2, 0.25) is 0 Å². The van der Waals surface area contributed by atoms with Crippen molar-refractivity contribution in [3.63, 3.8) is 0 Å². The zero-order chi connectivity index (χ0) is 20.4. The van der Waals surface area contributed by atoms with E-state index in [1.165, 1.54) is 18.5 Å². The van der Waals surface area contributed by atoms with Crippen molar-refractivity contribution in [3.05, 3.63) is 48.0 Å². The maximum absolute atomic E-state index is 13.8. The van der Waals surface area contributed by atoms with Crippen LogP contribution >= 0.6 is 0 Å². The third kappa shape index (κ3) is 4.52. The first-order valence-electron chi connectivity index (χ1n) is 9.26. The highest BCUT2D eigenvalue weighted by Crippen LogP contribution is 2.34. The number of halogens is 1. The van der Waals surface area contributed by atoms with E-state index in [9.17, 15) is 8.94 Å². The predicted octanol–water partition coefficient (Wildman–Crippen LogP) is 4.10. The predicted molar refractivity (Wildman–Crippen MR) is 114 cm³/mol. The van der Waals surface area contributed by atoms with Gasteiger partial charge in [-0.1, -0.05) is 0 Å². The number of nitrogens with zero attached hydrogens (tertiary/aromatic N) is 3.